The molecule has 1 aromatic heterocycles. The van der Waals surface area contributed by atoms with Gasteiger partial charge in [-0.15, -0.1) is 0 Å². The number of nitrogens with two attached hydrogens (primary N) is 1. The van der Waals surface area contributed by atoms with Crippen molar-refractivity contribution in [3.8, 4) is 0 Å². The number of H-pyrrole nitrogens is 1. The number of imidazole rings is 1. The lowest BCUT2D eigenvalue weighted by molar-refractivity contribution is -0.384. The van der Waals surface area contributed by atoms with Crippen molar-refractivity contribution >= 4 is 17.1 Å². The summed E-state index contributed by atoms with van der Waals surface area (Å²) in [6, 6.07) is 4.38. The number of piperidine rings is 1. The van der Waals surface area contributed by atoms with Crippen LogP contribution in [0.5, 0.6) is 0 Å². The second-order valence-corrected chi connectivity index (χ2v) is 5.95. The zero-order valence-electron chi connectivity index (χ0n) is 13.1. The molecule has 25 heavy (non-hydrogen) atoms. The largest absolute Gasteiger partial charge is 0.432 e. The van der Waals surface area contributed by atoms with Crippen molar-refractivity contribution in [1.82, 2.24) is 9.97 Å². The Hall–Kier alpha value is -2.78. The van der Waals surface area contributed by atoms with Crippen LogP contribution in [-0.2, 0) is 6.18 Å². The first-order valence-electron chi connectivity index (χ1n) is 7.66. The maximum absolute atomic E-state index is 12.7. The molecule has 0 unspecified atom stereocenters. The van der Waals surface area contributed by atoms with E-state index in [1.165, 1.54) is 12.1 Å². The average Bonchev–Trinajstić information content (AvgIpc) is 3.05. The number of benzene rings is 1. The second-order valence-electron chi connectivity index (χ2n) is 5.95. The number of nitro benzene ring substituents is 1. The molecule has 0 radical (unpaired) electrons. The summed E-state index contributed by atoms with van der Waals surface area (Å²) < 4.78 is 38.0. The summed E-state index contributed by atoms with van der Waals surface area (Å²) in [5, 5.41) is 11.2. The number of alkyl halides is 3. The monoisotopic (exact) mass is 355 g/mol. The second kappa shape index (κ2) is 6.26. The molecule has 3 rings (SSSR count). The van der Waals surface area contributed by atoms with Gasteiger partial charge in [0.15, 0.2) is 0 Å². The number of nitrogens with zero attached hydrogens (tertiary/aromatic N) is 3. The van der Waals surface area contributed by atoms with Crippen molar-refractivity contribution < 1.29 is 18.1 Å². The van der Waals surface area contributed by atoms with Gasteiger partial charge < -0.3 is 15.6 Å². The van der Waals surface area contributed by atoms with Gasteiger partial charge in [-0.3, -0.25) is 10.1 Å². The molecule has 2 aromatic rings. The molecular formula is C15H16F3N5O2. The highest BCUT2D eigenvalue weighted by molar-refractivity contribution is 5.68. The van der Waals surface area contributed by atoms with Crippen LogP contribution in [0.4, 0.5) is 30.2 Å². The van der Waals surface area contributed by atoms with Crippen molar-refractivity contribution in [3.63, 3.8) is 0 Å². The molecule has 1 saturated heterocycles. The number of nitro groups is 1. The van der Waals surface area contributed by atoms with Gasteiger partial charge in [-0.2, -0.15) is 13.2 Å². The van der Waals surface area contributed by atoms with Gasteiger partial charge in [-0.05, 0) is 25.0 Å². The summed E-state index contributed by atoms with van der Waals surface area (Å²) in [4.78, 5) is 18.7. The van der Waals surface area contributed by atoms with Crippen LogP contribution in [-0.4, -0.2) is 28.0 Å². The fourth-order valence-electron chi connectivity index (χ4n) is 3.03. The van der Waals surface area contributed by atoms with Crippen LogP contribution in [0.3, 0.4) is 0 Å². The normalized spacial score (nSPS) is 16.2. The predicted molar refractivity (Wildman–Crippen MR) is 85.3 cm³/mol. The highest BCUT2D eigenvalue weighted by atomic mass is 19.4. The summed E-state index contributed by atoms with van der Waals surface area (Å²) in [5.74, 6) is 0.154. The van der Waals surface area contributed by atoms with E-state index in [4.69, 9.17) is 5.73 Å². The average molecular weight is 355 g/mol. The first kappa shape index (κ1) is 17.1. The van der Waals surface area contributed by atoms with Crippen LogP contribution in [0.25, 0.3) is 0 Å². The van der Waals surface area contributed by atoms with Gasteiger partial charge in [0.05, 0.1) is 11.1 Å². The number of aromatic nitrogens is 2. The molecule has 0 spiro atoms. The molecule has 0 bridgehead atoms. The lowest BCUT2D eigenvalue weighted by atomic mass is 9.95. The van der Waals surface area contributed by atoms with Crippen LogP contribution < -0.4 is 10.6 Å². The minimum atomic E-state index is -4.45. The van der Waals surface area contributed by atoms with Crippen molar-refractivity contribution in [3.05, 3.63) is 46.0 Å². The Kier molecular flexibility index (Phi) is 4.27. The molecule has 0 saturated carbocycles. The zero-order chi connectivity index (χ0) is 18.2. The van der Waals surface area contributed by atoms with E-state index in [1.807, 2.05) is 4.90 Å². The summed E-state index contributed by atoms with van der Waals surface area (Å²) in [5.41, 5.74) is 5.67. The first-order valence-corrected chi connectivity index (χ1v) is 7.66. The van der Waals surface area contributed by atoms with Crippen molar-refractivity contribution in [2.24, 2.45) is 0 Å². The zero-order valence-corrected chi connectivity index (χ0v) is 13.1. The molecular weight excluding hydrogens is 339 g/mol. The maximum atomic E-state index is 12.7. The van der Waals surface area contributed by atoms with Gasteiger partial charge in [0.1, 0.15) is 17.2 Å². The van der Waals surface area contributed by atoms with Crippen LogP contribution in [0.15, 0.2) is 24.4 Å². The van der Waals surface area contributed by atoms with Crippen LogP contribution in [0.1, 0.15) is 30.3 Å². The number of hydrogen-bond acceptors (Lipinski definition) is 5. The number of rotatable bonds is 3. The molecule has 0 amide bonds. The topological polar surface area (TPSA) is 101 Å². The standard InChI is InChI=1S/C15H16F3N5O2/c16-15(17,18)13-8-20-14(21-13)9-3-5-22(6-4-9)12-7-10(19)1-2-11(12)23(24)25/h1-2,7-9H,3-6,19H2,(H,20,21). The van der Waals surface area contributed by atoms with Crippen molar-refractivity contribution in [2.45, 2.75) is 24.9 Å². The Morgan fingerprint density at radius 3 is 2.56 bits per heavy atom. The smallest absolute Gasteiger partial charge is 0.399 e. The summed E-state index contributed by atoms with van der Waals surface area (Å²) in [6.45, 7) is 0.939. The fourth-order valence-corrected chi connectivity index (χ4v) is 3.03. The highest BCUT2D eigenvalue weighted by Gasteiger charge is 2.34. The summed E-state index contributed by atoms with van der Waals surface area (Å²) in [6.07, 6.45) is -2.58. The number of nitrogen functional groups attached to an aromatic ring is 1. The quantitative estimate of drug-likeness (QED) is 0.500. The molecule has 10 heteroatoms. The van der Waals surface area contributed by atoms with Gasteiger partial charge >= 0.3 is 6.18 Å². The van der Waals surface area contributed by atoms with E-state index in [-0.39, 0.29) is 11.6 Å². The number of nitrogens with one attached hydrogen (secondary N) is 1. The molecule has 1 aliphatic rings. The molecule has 0 aliphatic carbocycles. The molecule has 3 N–H and O–H groups in total. The van der Waals surface area contributed by atoms with E-state index in [2.05, 4.69) is 9.97 Å². The Bertz CT molecular complexity index is 782. The third-order valence-electron chi connectivity index (χ3n) is 4.32. The molecule has 7 nitrogen and oxygen atoms in total. The first-order chi connectivity index (χ1) is 11.8. The third-order valence-corrected chi connectivity index (χ3v) is 4.32. The van der Waals surface area contributed by atoms with Gasteiger partial charge in [-0.1, -0.05) is 0 Å². The molecule has 2 heterocycles. The Morgan fingerprint density at radius 2 is 2.00 bits per heavy atom. The fraction of sp³-hybridized carbons (Fsp3) is 0.400. The van der Waals surface area contributed by atoms with Crippen molar-refractivity contribution in [2.75, 3.05) is 23.7 Å². The molecule has 134 valence electrons. The third kappa shape index (κ3) is 3.52. The number of anilines is 2. The molecule has 1 fully saturated rings. The molecule has 1 aliphatic heterocycles. The summed E-state index contributed by atoms with van der Waals surface area (Å²) >= 11 is 0. The van der Waals surface area contributed by atoms with Crippen LogP contribution >= 0.6 is 0 Å². The molecule has 0 atom stereocenters. The number of halogens is 3. The van der Waals surface area contributed by atoms with Gasteiger partial charge in [0, 0.05) is 30.8 Å². The van der Waals surface area contributed by atoms with Crippen LogP contribution in [0, 0.1) is 10.1 Å². The number of aromatic amines is 1. The minimum Gasteiger partial charge on any atom is -0.399 e. The van der Waals surface area contributed by atoms with E-state index in [0.29, 0.717) is 43.1 Å². The van der Waals surface area contributed by atoms with E-state index >= 15 is 0 Å². The molecule has 1 aromatic carbocycles. The predicted octanol–water partition coefficient (Wildman–Crippen LogP) is 3.30. The maximum Gasteiger partial charge on any atom is 0.432 e. The van der Waals surface area contributed by atoms with Gasteiger partial charge in [-0.25, -0.2) is 4.98 Å². The van der Waals surface area contributed by atoms with E-state index in [1.54, 1.807) is 6.07 Å². The lowest BCUT2D eigenvalue weighted by Gasteiger charge is -2.32. The SMILES string of the molecule is Nc1ccc([N+](=O)[O-])c(N2CCC(c3ncc(C(F)(F)F)[nH]3)CC2)c1. The highest BCUT2D eigenvalue weighted by Crippen LogP contribution is 2.36. The van der Waals surface area contributed by atoms with Gasteiger partial charge in [0.25, 0.3) is 5.69 Å². The lowest BCUT2D eigenvalue weighted by Crippen LogP contribution is -2.33. The van der Waals surface area contributed by atoms with E-state index < -0.39 is 16.8 Å². The Balaban J connectivity index is 1.73. The number of hydrogen-bond donors (Lipinski definition) is 2. The van der Waals surface area contributed by atoms with E-state index in [0.717, 1.165) is 6.20 Å². The van der Waals surface area contributed by atoms with Gasteiger partial charge in [0.2, 0.25) is 0 Å². The van der Waals surface area contributed by atoms with Crippen molar-refractivity contribution in [1.29, 1.82) is 0 Å². The minimum absolute atomic E-state index is 0.0370. The van der Waals surface area contributed by atoms with E-state index in [9.17, 15) is 23.3 Å². The Labute approximate surface area is 140 Å². The van der Waals surface area contributed by atoms with Crippen LogP contribution in [0.2, 0.25) is 0 Å². The summed E-state index contributed by atoms with van der Waals surface area (Å²) in [7, 11) is 0. The Morgan fingerprint density at radius 1 is 1.32 bits per heavy atom.